The van der Waals surface area contributed by atoms with E-state index in [2.05, 4.69) is 20.9 Å². The zero-order valence-electron chi connectivity index (χ0n) is 26.0. The predicted molar refractivity (Wildman–Crippen MR) is 168 cm³/mol. The fourth-order valence-corrected chi connectivity index (χ4v) is 4.12. The summed E-state index contributed by atoms with van der Waals surface area (Å²) in [4.78, 5) is 41.2. The molecule has 0 unspecified atom stereocenters. The Morgan fingerprint density at radius 1 is 1.02 bits per heavy atom. The molecule has 45 heavy (non-hydrogen) atoms. The number of esters is 1. The van der Waals surface area contributed by atoms with E-state index in [0.717, 1.165) is 5.56 Å². The fraction of sp³-hybridized carbons (Fsp3) is 0.344. The molecule has 0 aliphatic heterocycles. The SMILES string of the molecule is CCOC(=O)COc1c(CNc2ccc(C)cc2C(=O)Nc2ccc(C(=N)NC(=O)OCC)nc2)cc(CO)cc1OC(C)C. The minimum absolute atomic E-state index is 0.162. The molecular formula is C32H39N5O8. The zero-order chi connectivity index (χ0) is 32.9. The number of nitrogens with zero attached hydrogens (tertiary/aromatic N) is 1. The molecule has 5 N–H and O–H groups in total. The quantitative estimate of drug-likeness (QED) is 0.0973. The standard InChI is InChI=1S/C32H39N5O8/c1-6-42-28(39)18-44-29-22(13-21(17-38)14-27(29)45-19(3)4)15-34-25-10-8-20(5)12-24(25)31(40)36-23-9-11-26(35-16-23)30(33)37-32(41)43-7-2/h8-14,16,19,34,38H,6-7,15,17-18H2,1-5H3,(H,36,40)(H2,33,37,41). The summed E-state index contributed by atoms with van der Waals surface area (Å²) in [5.41, 5.74) is 3.45. The third-order valence-corrected chi connectivity index (χ3v) is 6.05. The predicted octanol–water partition coefficient (Wildman–Crippen LogP) is 4.55. The first-order valence-corrected chi connectivity index (χ1v) is 14.4. The summed E-state index contributed by atoms with van der Waals surface area (Å²) >= 11 is 0. The topological polar surface area (TPSA) is 181 Å². The van der Waals surface area contributed by atoms with Crippen LogP contribution in [0.2, 0.25) is 0 Å². The lowest BCUT2D eigenvalue weighted by molar-refractivity contribution is -0.145. The van der Waals surface area contributed by atoms with Crippen LogP contribution in [-0.4, -0.2) is 59.8 Å². The molecule has 13 heteroatoms. The molecule has 3 rings (SSSR count). The van der Waals surface area contributed by atoms with Crippen LogP contribution in [0.1, 0.15) is 60.4 Å². The number of aliphatic hydroxyl groups is 1. The molecular weight excluding hydrogens is 582 g/mol. The minimum Gasteiger partial charge on any atom is -0.487 e. The summed E-state index contributed by atoms with van der Waals surface area (Å²) < 4.78 is 21.6. The fourth-order valence-electron chi connectivity index (χ4n) is 4.12. The van der Waals surface area contributed by atoms with Gasteiger partial charge < -0.3 is 34.7 Å². The average Bonchev–Trinajstić information content (AvgIpc) is 2.99. The van der Waals surface area contributed by atoms with E-state index in [1.807, 2.05) is 26.8 Å². The second-order valence-corrected chi connectivity index (χ2v) is 10.0. The van der Waals surface area contributed by atoms with E-state index in [1.165, 1.54) is 12.3 Å². The van der Waals surface area contributed by atoms with E-state index in [4.69, 9.17) is 24.4 Å². The number of hydrogen-bond donors (Lipinski definition) is 5. The molecule has 0 aliphatic carbocycles. The number of aryl methyl sites for hydroxylation is 1. The van der Waals surface area contributed by atoms with Crippen LogP contribution in [0.3, 0.4) is 0 Å². The first-order chi connectivity index (χ1) is 21.5. The van der Waals surface area contributed by atoms with Crippen molar-refractivity contribution < 1.29 is 38.4 Å². The number of carbonyl (C=O) groups excluding carboxylic acids is 3. The van der Waals surface area contributed by atoms with Crippen LogP contribution >= 0.6 is 0 Å². The highest BCUT2D eigenvalue weighted by Gasteiger charge is 2.19. The van der Waals surface area contributed by atoms with Gasteiger partial charge in [0.25, 0.3) is 5.91 Å². The third-order valence-electron chi connectivity index (χ3n) is 6.05. The largest absolute Gasteiger partial charge is 0.487 e. The van der Waals surface area contributed by atoms with Gasteiger partial charge in [-0.15, -0.1) is 0 Å². The van der Waals surface area contributed by atoms with Gasteiger partial charge in [0.15, 0.2) is 23.9 Å². The zero-order valence-corrected chi connectivity index (χ0v) is 26.0. The van der Waals surface area contributed by atoms with Crippen molar-refractivity contribution in [3.63, 3.8) is 0 Å². The number of alkyl carbamates (subject to hydrolysis) is 1. The van der Waals surface area contributed by atoms with E-state index in [0.29, 0.717) is 39.6 Å². The van der Waals surface area contributed by atoms with Gasteiger partial charge in [0.05, 0.1) is 43.4 Å². The number of aliphatic hydroxyl groups excluding tert-OH is 1. The molecule has 1 aromatic heterocycles. The van der Waals surface area contributed by atoms with Crippen molar-refractivity contribution in [3.05, 3.63) is 76.6 Å². The van der Waals surface area contributed by atoms with Crippen LogP contribution in [0.25, 0.3) is 0 Å². The van der Waals surface area contributed by atoms with Crippen molar-refractivity contribution in [1.29, 1.82) is 5.41 Å². The summed E-state index contributed by atoms with van der Waals surface area (Å²) in [6, 6.07) is 11.8. The number of aromatic nitrogens is 1. The Hall–Kier alpha value is -5.17. The normalized spacial score (nSPS) is 10.6. The average molecular weight is 622 g/mol. The van der Waals surface area contributed by atoms with Gasteiger partial charge in [-0.25, -0.2) is 9.59 Å². The Labute approximate surface area is 261 Å². The molecule has 1 heterocycles. The van der Waals surface area contributed by atoms with Gasteiger partial charge in [0, 0.05) is 17.8 Å². The van der Waals surface area contributed by atoms with E-state index < -0.39 is 18.0 Å². The first-order valence-electron chi connectivity index (χ1n) is 14.4. The lowest BCUT2D eigenvalue weighted by atomic mass is 10.1. The molecule has 0 spiro atoms. The molecule has 0 saturated carbocycles. The molecule has 2 amide bonds. The van der Waals surface area contributed by atoms with Crippen molar-refractivity contribution in [2.45, 2.75) is 53.9 Å². The number of nitrogens with one attached hydrogen (secondary N) is 4. The van der Waals surface area contributed by atoms with Gasteiger partial charge in [-0.05, 0) is 76.6 Å². The number of hydrogen-bond acceptors (Lipinski definition) is 11. The Kier molecular flexibility index (Phi) is 12.7. The number of amidine groups is 1. The number of pyridine rings is 1. The maximum Gasteiger partial charge on any atom is 0.412 e. The Balaban J connectivity index is 1.83. The van der Waals surface area contributed by atoms with Crippen molar-refractivity contribution in [2.24, 2.45) is 0 Å². The highest BCUT2D eigenvalue weighted by molar-refractivity contribution is 6.08. The van der Waals surface area contributed by atoms with Crippen LogP contribution in [-0.2, 0) is 27.4 Å². The van der Waals surface area contributed by atoms with Crippen LogP contribution < -0.4 is 25.4 Å². The molecule has 0 aliphatic rings. The molecule has 0 radical (unpaired) electrons. The molecule has 0 fully saturated rings. The maximum atomic E-state index is 13.4. The van der Waals surface area contributed by atoms with Gasteiger partial charge in [0.1, 0.15) is 5.69 Å². The monoisotopic (exact) mass is 621 g/mol. The van der Waals surface area contributed by atoms with Crippen molar-refractivity contribution in [2.75, 3.05) is 30.5 Å². The minimum atomic E-state index is -0.759. The van der Waals surface area contributed by atoms with Crippen LogP contribution in [0.15, 0.2) is 48.7 Å². The summed E-state index contributed by atoms with van der Waals surface area (Å²) in [7, 11) is 0. The molecule has 0 saturated heterocycles. The highest BCUT2D eigenvalue weighted by Crippen LogP contribution is 2.35. The Bertz CT molecular complexity index is 1510. The number of anilines is 2. The van der Waals surface area contributed by atoms with E-state index in [-0.39, 0.29) is 50.6 Å². The number of amides is 2. The molecule has 240 valence electrons. The second kappa shape index (κ2) is 16.6. The summed E-state index contributed by atoms with van der Waals surface area (Å²) in [6.07, 6.45) is 0.409. The van der Waals surface area contributed by atoms with Crippen molar-refractivity contribution in [1.82, 2.24) is 10.3 Å². The molecule has 3 aromatic rings. The molecule has 0 atom stereocenters. The van der Waals surface area contributed by atoms with Gasteiger partial charge in [-0.3, -0.25) is 20.5 Å². The third kappa shape index (κ3) is 10.2. The van der Waals surface area contributed by atoms with Crippen LogP contribution in [0.5, 0.6) is 11.5 Å². The Morgan fingerprint density at radius 2 is 1.78 bits per heavy atom. The van der Waals surface area contributed by atoms with Crippen molar-refractivity contribution >= 4 is 35.2 Å². The van der Waals surface area contributed by atoms with Gasteiger partial charge in [-0.2, -0.15) is 0 Å². The van der Waals surface area contributed by atoms with E-state index in [9.17, 15) is 19.5 Å². The second-order valence-electron chi connectivity index (χ2n) is 10.0. The molecule has 2 aromatic carbocycles. The lowest BCUT2D eigenvalue weighted by Gasteiger charge is -2.20. The van der Waals surface area contributed by atoms with Crippen LogP contribution in [0, 0.1) is 12.3 Å². The lowest BCUT2D eigenvalue weighted by Crippen LogP contribution is -2.31. The number of rotatable bonds is 14. The smallest absolute Gasteiger partial charge is 0.412 e. The number of benzene rings is 2. The van der Waals surface area contributed by atoms with Gasteiger partial charge in [0.2, 0.25) is 0 Å². The molecule has 13 nitrogen and oxygen atoms in total. The van der Waals surface area contributed by atoms with Crippen molar-refractivity contribution in [3.8, 4) is 11.5 Å². The summed E-state index contributed by atoms with van der Waals surface area (Å²) in [5, 5.41) is 26.2. The number of carbonyl (C=O) groups is 3. The first kappa shape index (κ1) is 34.3. The van der Waals surface area contributed by atoms with Gasteiger partial charge in [-0.1, -0.05) is 11.6 Å². The Morgan fingerprint density at radius 3 is 2.42 bits per heavy atom. The van der Waals surface area contributed by atoms with Gasteiger partial charge >= 0.3 is 12.1 Å². The van der Waals surface area contributed by atoms with Crippen LogP contribution in [0.4, 0.5) is 16.2 Å². The summed E-state index contributed by atoms with van der Waals surface area (Å²) in [5.74, 6) is -0.517. The number of ether oxygens (including phenoxy) is 4. The van der Waals surface area contributed by atoms with E-state index >= 15 is 0 Å². The molecule has 0 bridgehead atoms. The van der Waals surface area contributed by atoms with E-state index in [1.54, 1.807) is 44.2 Å². The highest BCUT2D eigenvalue weighted by atomic mass is 16.6. The summed E-state index contributed by atoms with van der Waals surface area (Å²) in [6.45, 7) is 8.88. The maximum absolute atomic E-state index is 13.4.